The first-order chi connectivity index (χ1) is 7.81. The molecule has 0 radical (unpaired) electrons. The van der Waals surface area contributed by atoms with E-state index in [1.54, 1.807) is 0 Å². The van der Waals surface area contributed by atoms with Crippen molar-refractivity contribution in [1.82, 2.24) is 15.1 Å². The van der Waals surface area contributed by atoms with Gasteiger partial charge in [-0.25, -0.2) is 0 Å². The minimum absolute atomic E-state index is 0.770. The predicted molar refractivity (Wildman–Crippen MR) is 68.8 cm³/mol. The minimum atomic E-state index is 0.770. The van der Waals surface area contributed by atoms with Crippen molar-refractivity contribution >= 4 is 0 Å². The molecule has 0 amide bonds. The van der Waals surface area contributed by atoms with Gasteiger partial charge in [0.15, 0.2) is 0 Å². The predicted octanol–water partition coefficient (Wildman–Crippen LogP) is 1.15. The van der Waals surface area contributed by atoms with Crippen molar-refractivity contribution in [3.63, 3.8) is 0 Å². The number of nitrogens with one attached hydrogen (secondary N) is 1. The number of nitrogens with zero attached hydrogens (tertiary/aromatic N) is 2. The van der Waals surface area contributed by atoms with Crippen molar-refractivity contribution in [2.75, 3.05) is 39.3 Å². The molecule has 1 N–H and O–H groups in total. The van der Waals surface area contributed by atoms with Crippen molar-refractivity contribution in [2.24, 2.45) is 0 Å². The van der Waals surface area contributed by atoms with E-state index in [1.165, 1.54) is 58.5 Å². The Hall–Kier alpha value is -0.120. The summed E-state index contributed by atoms with van der Waals surface area (Å²) in [5.41, 5.74) is 0. The van der Waals surface area contributed by atoms with E-state index in [9.17, 15) is 0 Å². The summed E-state index contributed by atoms with van der Waals surface area (Å²) in [6.07, 6.45) is 4.04. The molecule has 16 heavy (non-hydrogen) atoms. The van der Waals surface area contributed by atoms with Gasteiger partial charge in [0.05, 0.1) is 0 Å². The Labute approximate surface area is 100 Å². The monoisotopic (exact) mass is 225 g/mol. The maximum atomic E-state index is 3.52. The molecule has 0 spiro atoms. The maximum absolute atomic E-state index is 3.52. The summed E-state index contributed by atoms with van der Waals surface area (Å²) in [5, 5.41) is 3.52. The van der Waals surface area contributed by atoms with Crippen LogP contribution in [-0.2, 0) is 0 Å². The molecule has 3 nitrogen and oxygen atoms in total. The number of hydrogen-bond acceptors (Lipinski definition) is 3. The van der Waals surface area contributed by atoms with Crippen molar-refractivity contribution in [1.29, 1.82) is 0 Å². The van der Waals surface area contributed by atoms with Crippen LogP contribution in [0.25, 0.3) is 0 Å². The lowest BCUT2D eigenvalue weighted by molar-refractivity contribution is 0.0639. The molecule has 2 atom stereocenters. The minimum Gasteiger partial charge on any atom is -0.315 e. The van der Waals surface area contributed by atoms with Gasteiger partial charge in [0.2, 0.25) is 0 Å². The molecule has 0 saturated carbocycles. The number of piperazine rings is 1. The van der Waals surface area contributed by atoms with E-state index in [0.29, 0.717) is 0 Å². The highest BCUT2D eigenvalue weighted by Crippen LogP contribution is 2.15. The molecule has 94 valence electrons. The maximum Gasteiger partial charge on any atom is 0.0222 e. The first-order valence-electron chi connectivity index (χ1n) is 7.00. The lowest BCUT2D eigenvalue weighted by Crippen LogP contribution is -2.55. The quantitative estimate of drug-likeness (QED) is 0.777. The summed E-state index contributed by atoms with van der Waals surface area (Å²) in [5.74, 6) is 0. The van der Waals surface area contributed by atoms with Crippen LogP contribution in [0.2, 0.25) is 0 Å². The van der Waals surface area contributed by atoms with Gasteiger partial charge in [-0.05, 0) is 32.7 Å². The second-order valence-electron chi connectivity index (χ2n) is 5.33. The lowest BCUT2D eigenvalue weighted by atomic mass is 10.0. The molecule has 2 unspecified atom stereocenters. The van der Waals surface area contributed by atoms with Crippen LogP contribution in [0.1, 0.15) is 33.1 Å². The zero-order valence-corrected chi connectivity index (χ0v) is 10.9. The second kappa shape index (κ2) is 5.99. The molecular weight excluding hydrogens is 198 g/mol. The van der Waals surface area contributed by atoms with Crippen LogP contribution >= 0.6 is 0 Å². The van der Waals surface area contributed by atoms with Crippen molar-refractivity contribution < 1.29 is 0 Å². The summed E-state index contributed by atoms with van der Waals surface area (Å²) >= 11 is 0. The van der Waals surface area contributed by atoms with Gasteiger partial charge in [0, 0.05) is 44.8 Å². The van der Waals surface area contributed by atoms with E-state index in [1.807, 2.05) is 0 Å². The Balaban J connectivity index is 1.75. The van der Waals surface area contributed by atoms with Gasteiger partial charge in [-0.1, -0.05) is 6.92 Å². The molecule has 3 heteroatoms. The fraction of sp³-hybridized carbons (Fsp3) is 1.00. The number of rotatable bonds is 3. The topological polar surface area (TPSA) is 18.5 Å². The zero-order valence-electron chi connectivity index (χ0n) is 10.9. The Morgan fingerprint density at radius 1 is 1.25 bits per heavy atom. The standard InChI is InChI=1S/C13H27N3/c1-3-12(2)15-7-9-16(10-8-15)13-5-4-6-14-11-13/h12-14H,3-11H2,1-2H3. The summed E-state index contributed by atoms with van der Waals surface area (Å²) in [4.78, 5) is 5.35. The molecule has 2 aliphatic rings. The average Bonchev–Trinajstić information content (AvgIpc) is 2.39. The van der Waals surface area contributed by atoms with Crippen LogP contribution in [0.15, 0.2) is 0 Å². The smallest absolute Gasteiger partial charge is 0.0222 e. The van der Waals surface area contributed by atoms with Gasteiger partial charge in [-0.3, -0.25) is 9.80 Å². The molecule has 2 fully saturated rings. The van der Waals surface area contributed by atoms with E-state index >= 15 is 0 Å². The molecule has 0 bridgehead atoms. The number of hydrogen-bond donors (Lipinski definition) is 1. The van der Waals surface area contributed by atoms with E-state index < -0.39 is 0 Å². The molecule has 2 heterocycles. The van der Waals surface area contributed by atoms with E-state index in [-0.39, 0.29) is 0 Å². The summed E-state index contributed by atoms with van der Waals surface area (Å²) in [6.45, 7) is 12.2. The van der Waals surface area contributed by atoms with Gasteiger partial charge in [0.25, 0.3) is 0 Å². The molecule has 0 aromatic heterocycles. The van der Waals surface area contributed by atoms with Crippen LogP contribution in [0.5, 0.6) is 0 Å². The number of piperidine rings is 1. The van der Waals surface area contributed by atoms with Gasteiger partial charge in [-0.15, -0.1) is 0 Å². The third-order valence-electron chi connectivity index (χ3n) is 4.35. The van der Waals surface area contributed by atoms with Crippen LogP contribution in [0, 0.1) is 0 Å². The first kappa shape index (κ1) is 12.3. The van der Waals surface area contributed by atoms with Crippen molar-refractivity contribution in [3.05, 3.63) is 0 Å². The summed E-state index contributed by atoms with van der Waals surface area (Å²) in [6, 6.07) is 1.58. The molecule has 0 aromatic rings. The van der Waals surface area contributed by atoms with Gasteiger partial charge < -0.3 is 5.32 Å². The largest absolute Gasteiger partial charge is 0.315 e. The highest BCUT2D eigenvalue weighted by Gasteiger charge is 2.26. The van der Waals surface area contributed by atoms with Crippen LogP contribution in [-0.4, -0.2) is 61.2 Å². The van der Waals surface area contributed by atoms with Crippen LogP contribution < -0.4 is 5.32 Å². The fourth-order valence-electron chi connectivity index (χ4n) is 2.95. The highest BCUT2D eigenvalue weighted by atomic mass is 15.3. The molecule has 2 saturated heterocycles. The van der Waals surface area contributed by atoms with Crippen LogP contribution in [0.4, 0.5) is 0 Å². The molecule has 0 aliphatic carbocycles. The van der Waals surface area contributed by atoms with Gasteiger partial charge in [-0.2, -0.15) is 0 Å². The Morgan fingerprint density at radius 2 is 2.00 bits per heavy atom. The van der Waals surface area contributed by atoms with E-state index in [4.69, 9.17) is 0 Å². The third kappa shape index (κ3) is 2.96. The second-order valence-corrected chi connectivity index (χ2v) is 5.33. The van der Waals surface area contributed by atoms with Crippen molar-refractivity contribution in [3.8, 4) is 0 Å². The van der Waals surface area contributed by atoms with Gasteiger partial charge in [0.1, 0.15) is 0 Å². The molecule has 0 aromatic carbocycles. The molecule has 2 aliphatic heterocycles. The Morgan fingerprint density at radius 3 is 2.56 bits per heavy atom. The SMILES string of the molecule is CCC(C)N1CCN(C2CCCNC2)CC1. The zero-order chi connectivity index (χ0) is 11.4. The Bertz CT molecular complexity index is 193. The molecule has 2 rings (SSSR count). The lowest BCUT2D eigenvalue weighted by Gasteiger charge is -2.42. The third-order valence-corrected chi connectivity index (χ3v) is 4.35. The van der Waals surface area contributed by atoms with Gasteiger partial charge >= 0.3 is 0 Å². The van der Waals surface area contributed by atoms with Crippen LogP contribution in [0.3, 0.4) is 0 Å². The normalized spacial score (nSPS) is 31.5. The van der Waals surface area contributed by atoms with Crippen molar-refractivity contribution in [2.45, 2.75) is 45.2 Å². The summed E-state index contributed by atoms with van der Waals surface area (Å²) in [7, 11) is 0. The fourth-order valence-corrected chi connectivity index (χ4v) is 2.95. The summed E-state index contributed by atoms with van der Waals surface area (Å²) < 4.78 is 0. The Kier molecular flexibility index (Phi) is 4.62. The molecular formula is C13H27N3. The van der Waals surface area contributed by atoms with E-state index in [0.717, 1.165) is 12.1 Å². The van der Waals surface area contributed by atoms with E-state index in [2.05, 4.69) is 29.0 Å². The first-order valence-corrected chi connectivity index (χ1v) is 7.00. The highest BCUT2D eigenvalue weighted by molar-refractivity contribution is 4.83. The average molecular weight is 225 g/mol.